The Balaban J connectivity index is 1.42. The number of likely N-dealkylation sites (tertiary alicyclic amines) is 1. The fraction of sp³-hybridized carbons (Fsp3) is 0.174. The molecule has 3 aromatic heterocycles. The number of aromatic amines is 1. The van der Waals surface area contributed by atoms with Crippen molar-refractivity contribution in [3.8, 4) is 11.1 Å². The van der Waals surface area contributed by atoms with E-state index in [2.05, 4.69) is 60.9 Å². The third-order valence-electron chi connectivity index (χ3n) is 5.35. The fourth-order valence-electron chi connectivity index (χ4n) is 3.73. The van der Waals surface area contributed by atoms with E-state index in [4.69, 9.17) is 0 Å². The summed E-state index contributed by atoms with van der Waals surface area (Å²) in [6.45, 7) is 1.27. The van der Waals surface area contributed by atoms with Crippen LogP contribution in [0.1, 0.15) is 0 Å². The van der Waals surface area contributed by atoms with Crippen molar-refractivity contribution in [1.82, 2.24) is 24.5 Å². The second-order valence-corrected chi connectivity index (χ2v) is 7.51. The zero-order valence-corrected chi connectivity index (χ0v) is 17.1. The molecule has 31 heavy (non-hydrogen) atoms. The normalized spacial score (nSPS) is 15.5. The molecule has 0 saturated carbocycles. The molecule has 8 nitrogen and oxygen atoms in total. The highest BCUT2D eigenvalue weighted by molar-refractivity contribution is 5.85. The Bertz CT molecular complexity index is 1310. The lowest BCUT2D eigenvalue weighted by Gasteiger charge is -2.38. The van der Waals surface area contributed by atoms with Gasteiger partial charge in [-0.05, 0) is 29.8 Å². The summed E-state index contributed by atoms with van der Waals surface area (Å²) in [5.74, 6) is 0. The summed E-state index contributed by atoms with van der Waals surface area (Å²) in [5.41, 5.74) is 5.89. The van der Waals surface area contributed by atoms with Gasteiger partial charge in [0.25, 0.3) is 0 Å². The topological polar surface area (TPSA) is 93.8 Å². The number of β-amino-alcohol motifs (C(OH)–C–C–N with tert-alkyl or cyclic N) is 1. The molecule has 1 saturated heterocycles. The molecule has 4 heterocycles. The highest BCUT2D eigenvalue weighted by atomic mass is 16.3. The summed E-state index contributed by atoms with van der Waals surface area (Å²) in [6.07, 6.45) is 15.0. The van der Waals surface area contributed by atoms with Crippen molar-refractivity contribution in [2.24, 2.45) is 4.99 Å². The van der Waals surface area contributed by atoms with Gasteiger partial charge in [-0.2, -0.15) is 5.10 Å². The van der Waals surface area contributed by atoms with Crippen molar-refractivity contribution >= 4 is 28.5 Å². The van der Waals surface area contributed by atoms with E-state index in [1.807, 2.05) is 35.1 Å². The van der Waals surface area contributed by atoms with Crippen LogP contribution >= 0.6 is 0 Å². The molecule has 0 atom stereocenters. The summed E-state index contributed by atoms with van der Waals surface area (Å²) < 4.78 is 2.01. The second kappa shape index (κ2) is 8.08. The molecular formula is C23H23N7O. The molecule has 1 aromatic carbocycles. The standard InChI is InChI=1S/C23H23N7O/c1-24-12-19(30-14-20(31)15-30)3-2-6-25-22-10-18(13-29-8-7-26-23(22)29)16-4-5-17-11-27-28-21(17)9-16/h2-13,20,25,31H,14-15H2,1H3,(H,27,28)/b6-2+,19-3+,24-12?. The van der Waals surface area contributed by atoms with E-state index in [9.17, 15) is 5.11 Å². The van der Waals surface area contributed by atoms with Crippen LogP contribution in [0.2, 0.25) is 0 Å². The summed E-state index contributed by atoms with van der Waals surface area (Å²) in [5, 5.41) is 21.1. The molecule has 1 aliphatic rings. The van der Waals surface area contributed by atoms with Crippen molar-refractivity contribution in [2.75, 3.05) is 25.5 Å². The Morgan fingerprint density at radius 1 is 1.29 bits per heavy atom. The number of allylic oxidation sites excluding steroid dienone is 3. The minimum Gasteiger partial charge on any atom is -0.389 e. The van der Waals surface area contributed by atoms with Crippen LogP contribution in [0, 0.1) is 0 Å². The maximum atomic E-state index is 9.54. The lowest BCUT2D eigenvalue weighted by atomic mass is 10.1. The Morgan fingerprint density at radius 3 is 3.03 bits per heavy atom. The number of aliphatic hydroxyl groups excluding tert-OH is 1. The highest BCUT2D eigenvalue weighted by Crippen LogP contribution is 2.28. The van der Waals surface area contributed by atoms with E-state index in [1.165, 1.54) is 0 Å². The fourth-order valence-corrected chi connectivity index (χ4v) is 3.73. The molecule has 156 valence electrons. The van der Waals surface area contributed by atoms with Crippen LogP contribution in [0.5, 0.6) is 0 Å². The van der Waals surface area contributed by atoms with Crippen LogP contribution in [-0.4, -0.2) is 62.0 Å². The number of aliphatic imine (C=N–C) groups is 1. The molecule has 0 aliphatic carbocycles. The molecule has 0 unspecified atom stereocenters. The first-order chi connectivity index (χ1) is 15.2. The van der Waals surface area contributed by atoms with E-state index in [0.29, 0.717) is 13.1 Å². The molecule has 1 aliphatic heterocycles. The first kappa shape index (κ1) is 19.1. The van der Waals surface area contributed by atoms with Gasteiger partial charge in [0.15, 0.2) is 5.65 Å². The maximum absolute atomic E-state index is 9.54. The maximum Gasteiger partial charge on any atom is 0.160 e. The molecule has 3 N–H and O–H groups in total. The predicted octanol–water partition coefficient (Wildman–Crippen LogP) is 3.06. The quantitative estimate of drug-likeness (QED) is 0.334. The van der Waals surface area contributed by atoms with Crippen LogP contribution < -0.4 is 5.32 Å². The van der Waals surface area contributed by atoms with Crippen LogP contribution in [0.3, 0.4) is 0 Å². The average molecular weight is 413 g/mol. The zero-order chi connectivity index (χ0) is 21.2. The number of nitrogens with zero attached hydrogens (tertiary/aromatic N) is 5. The van der Waals surface area contributed by atoms with Gasteiger partial charge in [-0.3, -0.25) is 10.1 Å². The summed E-state index contributed by atoms with van der Waals surface area (Å²) in [6, 6.07) is 8.35. The van der Waals surface area contributed by atoms with Gasteiger partial charge in [-0.1, -0.05) is 12.1 Å². The van der Waals surface area contributed by atoms with E-state index in [0.717, 1.165) is 39.1 Å². The number of aliphatic hydroxyl groups is 1. The van der Waals surface area contributed by atoms with Crippen LogP contribution in [-0.2, 0) is 0 Å². The average Bonchev–Trinajstić information content (AvgIpc) is 3.42. The number of hydrogen-bond donors (Lipinski definition) is 3. The molecular weight excluding hydrogens is 390 g/mol. The van der Waals surface area contributed by atoms with Gasteiger partial charge in [0.05, 0.1) is 29.2 Å². The van der Waals surface area contributed by atoms with Gasteiger partial charge in [0.2, 0.25) is 0 Å². The summed E-state index contributed by atoms with van der Waals surface area (Å²) in [7, 11) is 1.74. The Hall–Kier alpha value is -3.91. The number of benzene rings is 1. The van der Waals surface area contributed by atoms with E-state index in [-0.39, 0.29) is 6.10 Å². The largest absolute Gasteiger partial charge is 0.389 e. The second-order valence-electron chi connectivity index (χ2n) is 7.51. The SMILES string of the molecule is CN=C/C(=C\C=C\Nc1cc(-c2ccc3cn[nH]c3c2)cn2ccnc12)N1CC(O)C1. The van der Waals surface area contributed by atoms with Crippen molar-refractivity contribution in [2.45, 2.75) is 6.10 Å². The van der Waals surface area contributed by atoms with Gasteiger partial charge in [-0.25, -0.2) is 4.98 Å². The molecule has 4 aromatic rings. The third kappa shape index (κ3) is 3.80. The Kier molecular flexibility index (Phi) is 4.97. The van der Waals surface area contributed by atoms with E-state index < -0.39 is 0 Å². The monoisotopic (exact) mass is 413 g/mol. The number of anilines is 1. The lowest BCUT2D eigenvalue weighted by molar-refractivity contribution is 0.0291. The Labute approximate surface area is 179 Å². The molecule has 0 bridgehead atoms. The zero-order valence-electron chi connectivity index (χ0n) is 17.1. The molecule has 0 amide bonds. The van der Waals surface area contributed by atoms with Crippen molar-refractivity contribution in [1.29, 1.82) is 0 Å². The number of pyridine rings is 1. The van der Waals surface area contributed by atoms with E-state index >= 15 is 0 Å². The minimum atomic E-state index is -0.256. The van der Waals surface area contributed by atoms with Gasteiger partial charge < -0.3 is 19.7 Å². The Morgan fingerprint density at radius 2 is 2.19 bits per heavy atom. The number of aromatic nitrogens is 4. The number of H-pyrrole nitrogens is 1. The molecule has 1 fully saturated rings. The smallest absolute Gasteiger partial charge is 0.160 e. The number of fused-ring (bicyclic) bond motifs is 2. The summed E-state index contributed by atoms with van der Waals surface area (Å²) in [4.78, 5) is 10.7. The first-order valence-corrected chi connectivity index (χ1v) is 10.1. The molecule has 0 spiro atoms. The highest BCUT2D eigenvalue weighted by Gasteiger charge is 2.24. The third-order valence-corrected chi connectivity index (χ3v) is 5.35. The van der Waals surface area contributed by atoms with Crippen LogP contribution in [0.15, 0.2) is 78.1 Å². The number of imidazole rings is 1. The summed E-state index contributed by atoms with van der Waals surface area (Å²) >= 11 is 0. The van der Waals surface area contributed by atoms with Crippen molar-refractivity contribution in [3.05, 3.63) is 73.1 Å². The minimum absolute atomic E-state index is 0.256. The van der Waals surface area contributed by atoms with Crippen LogP contribution in [0.25, 0.3) is 27.7 Å². The molecule has 8 heteroatoms. The molecule has 0 radical (unpaired) electrons. The van der Waals surface area contributed by atoms with Gasteiger partial charge in [-0.15, -0.1) is 0 Å². The number of hydrogen-bond acceptors (Lipinski definition) is 6. The van der Waals surface area contributed by atoms with Crippen molar-refractivity contribution in [3.63, 3.8) is 0 Å². The number of nitrogens with one attached hydrogen (secondary N) is 2. The number of rotatable bonds is 6. The predicted molar refractivity (Wildman–Crippen MR) is 123 cm³/mol. The van der Waals surface area contributed by atoms with Crippen molar-refractivity contribution < 1.29 is 5.11 Å². The first-order valence-electron chi connectivity index (χ1n) is 10.1. The van der Waals surface area contributed by atoms with Gasteiger partial charge in [0, 0.05) is 62.1 Å². The van der Waals surface area contributed by atoms with E-state index in [1.54, 1.807) is 19.5 Å². The van der Waals surface area contributed by atoms with Crippen LogP contribution in [0.4, 0.5) is 5.69 Å². The van der Waals surface area contributed by atoms with Gasteiger partial charge in [0.1, 0.15) is 0 Å². The van der Waals surface area contributed by atoms with Gasteiger partial charge >= 0.3 is 0 Å². The lowest BCUT2D eigenvalue weighted by Crippen LogP contribution is -2.50. The molecule has 5 rings (SSSR count).